The van der Waals surface area contributed by atoms with Crippen molar-refractivity contribution in [2.45, 2.75) is 45.7 Å². The number of benzene rings is 1. The lowest BCUT2D eigenvalue weighted by Crippen LogP contribution is -2.58. The zero-order valence-electron chi connectivity index (χ0n) is 26.2. The van der Waals surface area contributed by atoms with E-state index in [-0.39, 0.29) is 69.9 Å². The van der Waals surface area contributed by atoms with Crippen LogP contribution in [0, 0.1) is 11.6 Å². The van der Waals surface area contributed by atoms with Crippen molar-refractivity contribution in [3.8, 4) is 16.9 Å². The third kappa shape index (κ3) is 4.95. The van der Waals surface area contributed by atoms with Crippen molar-refractivity contribution in [3.63, 3.8) is 0 Å². The number of anilines is 3. The van der Waals surface area contributed by atoms with Gasteiger partial charge in [0, 0.05) is 44.1 Å². The number of carbonyl (C=O) groups excluding carboxylic acids is 2. The van der Waals surface area contributed by atoms with Crippen molar-refractivity contribution in [3.05, 3.63) is 77.0 Å². The molecule has 4 aromatic rings. The Bertz CT molecular complexity index is 1980. The number of aromatic nitrogens is 4. The molecule has 0 unspecified atom stereocenters. The van der Waals surface area contributed by atoms with Crippen molar-refractivity contribution in [1.82, 2.24) is 24.4 Å². The Hall–Kier alpha value is -5.20. The molecule has 1 fully saturated rings. The quantitative estimate of drug-likeness (QED) is 0.335. The number of rotatable bonds is 3. The average molecular weight is 629 g/mol. The summed E-state index contributed by atoms with van der Waals surface area (Å²) in [4.78, 5) is 59.0. The predicted octanol–water partition coefficient (Wildman–Crippen LogP) is 4.24. The van der Waals surface area contributed by atoms with E-state index in [2.05, 4.69) is 26.8 Å². The molecule has 6 rings (SSSR count). The SMILES string of the molecule is C=CC(=O)N1C[C@H](C)N(c2nc(=O)n3c4nc(c(F)cc24)-c2c(F)cccc2NCC(=O)N(C)c2ccnc(C(C)C)c2-3)C[C@H]1C. The van der Waals surface area contributed by atoms with Crippen LogP contribution in [0.2, 0.25) is 0 Å². The standard InChI is InChI=1S/C33H34F2N8O3/c1-7-25(44)41-15-19(5)42(16-18(41)4)31-20-13-22(35)29-27-21(34)9-8-10-23(27)37-14-26(45)40(6)24-11-12-36-28(17(2)3)30(24)43(32(20)38-29)33(46)39-31/h7-13,17-19,37H,1,14-16H2,2-6H3/t18-,19+/m1/s1. The van der Waals surface area contributed by atoms with Crippen LogP contribution in [-0.4, -0.2) is 75.0 Å². The van der Waals surface area contributed by atoms with Crippen LogP contribution in [-0.2, 0) is 9.59 Å². The van der Waals surface area contributed by atoms with E-state index in [1.54, 1.807) is 24.2 Å². The molecule has 1 N–H and O–H groups in total. The first-order chi connectivity index (χ1) is 21.9. The van der Waals surface area contributed by atoms with Crippen LogP contribution in [0.5, 0.6) is 0 Å². The molecule has 2 amide bonds. The number of fused-ring (bicyclic) bond motifs is 5. The minimum Gasteiger partial charge on any atom is -0.376 e. The number of nitrogens with zero attached hydrogens (tertiary/aromatic N) is 7. The summed E-state index contributed by atoms with van der Waals surface area (Å²) in [6.07, 6.45) is 2.82. The zero-order chi connectivity index (χ0) is 33.0. The van der Waals surface area contributed by atoms with Gasteiger partial charge in [-0.15, -0.1) is 0 Å². The first-order valence-corrected chi connectivity index (χ1v) is 15.0. The van der Waals surface area contributed by atoms with Crippen LogP contribution in [0.1, 0.15) is 39.3 Å². The molecule has 2 atom stereocenters. The molecule has 13 heteroatoms. The maximum Gasteiger partial charge on any atom is 0.355 e. The van der Waals surface area contributed by atoms with E-state index in [1.165, 1.54) is 39.8 Å². The van der Waals surface area contributed by atoms with Crippen molar-refractivity contribution in [2.24, 2.45) is 0 Å². The molecular formula is C33H34F2N8O3. The van der Waals surface area contributed by atoms with Crippen molar-refractivity contribution >= 4 is 40.0 Å². The van der Waals surface area contributed by atoms with Gasteiger partial charge in [-0.25, -0.2) is 23.1 Å². The summed E-state index contributed by atoms with van der Waals surface area (Å²) in [6, 6.07) is 6.42. The van der Waals surface area contributed by atoms with Crippen LogP contribution in [0.4, 0.5) is 26.0 Å². The molecule has 1 saturated heterocycles. The molecule has 5 heterocycles. The molecule has 46 heavy (non-hydrogen) atoms. The largest absolute Gasteiger partial charge is 0.376 e. The highest BCUT2D eigenvalue weighted by atomic mass is 19.1. The van der Waals surface area contributed by atoms with Gasteiger partial charge in [-0.1, -0.05) is 26.5 Å². The van der Waals surface area contributed by atoms with E-state index < -0.39 is 23.2 Å². The molecule has 2 bridgehead atoms. The van der Waals surface area contributed by atoms with Crippen molar-refractivity contribution in [1.29, 1.82) is 0 Å². The molecule has 0 spiro atoms. The number of amides is 2. The summed E-state index contributed by atoms with van der Waals surface area (Å²) < 4.78 is 33.0. The second kappa shape index (κ2) is 11.6. The van der Waals surface area contributed by atoms with Crippen LogP contribution in [0.15, 0.2) is 54.0 Å². The number of carbonyl (C=O) groups is 2. The minimum absolute atomic E-state index is 0.0163. The van der Waals surface area contributed by atoms with Gasteiger partial charge in [0.25, 0.3) is 0 Å². The lowest BCUT2D eigenvalue weighted by Gasteiger charge is -2.44. The maximum atomic E-state index is 16.3. The van der Waals surface area contributed by atoms with E-state index in [0.717, 1.165) is 0 Å². The number of pyridine rings is 2. The van der Waals surface area contributed by atoms with Crippen LogP contribution in [0.3, 0.4) is 0 Å². The number of likely N-dealkylation sites (N-methyl/N-ethyl adjacent to an activating group) is 1. The van der Waals surface area contributed by atoms with Gasteiger partial charge >= 0.3 is 5.69 Å². The summed E-state index contributed by atoms with van der Waals surface area (Å²) >= 11 is 0. The Morgan fingerprint density at radius 2 is 1.85 bits per heavy atom. The van der Waals surface area contributed by atoms with Gasteiger partial charge in [0.05, 0.1) is 34.6 Å². The maximum absolute atomic E-state index is 16.3. The number of piperazine rings is 1. The van der Waals surface area contributed by atoms with Gasteiger partial charge in [-0.3, -0.25) is 14.6 Å². The summed E-state index contributed by atoms with van der Waals surface area (Å²) in [7, 11) is 1.58. The zero-order valence-corrected chi connectivity index (χ0v) is 26.2. The van der Waals surface area contributed by atoms with E-state index in [1.807, 2.05) is 32.6 Å². The highest BCUT2D eigenvalue weighted by Crippen LogP contribution is 2.38. The van der Waals surface area contributed by atoms with E-state index >= 15 is 8.78 Å². The average Bonchev–Trinajstić information content (AvgIpc) is 3.03. The van der Waals surface area contributed by atoms with E-state index in [9.17, 15) is 14.4 Å². The fourth-order valence-corrected chi connectivity index (χ4v) is 6.26. The molecule has 0 aliphatic carbocycles. The first-order valence-electron chi connectivity index (χ1n) is 15.0. The number of hydrogen-bond acceptors (Lipinski definition) is 8. The summed E-state index contributed by atoms with van der Waals surface area (Å²) in [5.74, 6) is -2.24. The van der Waals surface area contributed by atoms with Gasteiger partial charge in [-0.2, -0.15) is 4.98 Å². The smallest absolute Gasteiger partial charge is 0.355 e. The fraction of sp³-hybridized carbons (Fsp3) is 0.333. The molecule has 11 nitrogen and oxygen atoms in total. The Morgan fingerprint density at radius 1 is 1.09 bits per heavy atom. The highest BCUT2D eigenvalue weighted by Gasteiger charge is 2.35. The minimum atomic E-state index is -0.842. The van der Waals surface area contributed by atoms with Gasteiger partial charge in [0.2, 0.25) is 11.8 Å². The van der Waals surface area contributed by atoms with Crippen LogP contribution < -0.4 is 20.8 Å². The Labute approximate surface area is 264 Å². The van der Waals surface area contributed by atoms with Gasteiger partial charge in [-0.05, 0) is 50.1 Å². The van der Waals surface area contributed by atoms with Crippen LogP contribution in [0.25, 0.3) is 28.0 Å². The van der Waals surface area contributed by atoms with Gasteiger partial charge in [0.15, 0.2) is 11.5 Å². The molecule has 2 aliphatic rings. The summed E-state index contributed by atoms with van der Waals surface area (Å²) in [5.41, 5.74) is 0.0563. The molecule has 0 saturated carbocycles. The normalized spacial score (nSPS) is 18.2. The fourth-order valence-electron chi connectivity index (χ4n) is 6.26. The third-order valence-electron chi connectivity index (χ3n) is 8.63. The molecule has 238 valence electrons. The van der Waals surface area contributed by atoms with Crippen molar-refractivity contribution in [2.75, 3.05) is 41.8 Å². The molecule has 2 aliphatic heterocycles. The topological polar surface area (TPSA) is 117 Å². The predicted molar refractivity (Wildman–Crippen MR) is 172 cm³/mol. The number of nitrogens with one attached hydrogen (secondary N) is 1. The van der Waals surface area contributed by atoms with Crippen molar-refractivity contribution < 1.29 is 18.4 Å². The lowest BCUT2D eigenvalue weighted by atomic mass is 10.0. The number of hydrogen-bond donors (Lipinski definition) is 1. The van der Waals surface area contributed by atoms with Gasteiger partial charge in [0.1, 0.15) is 17.3 Å². The van der Waals surface area contributed by atoms with Crippen LogP contribution >= 0.6 is 0 Å². The van der Waals surface area contributed by atoms with E-state index in [4.69, 9.17) is 0 Å². The number of halogens is 2. The van der Waals surface area contributed by atoms with Gasteiger partial charge < -0.3 is 20.0 Å². The summed E-state index contributed by atoms with van der Waals surface area (Å²) in [5, 5.41) is 3.15. The molecule has 1 aromatic carbocycles. The van der Waals surface area contributed by atoms with E-state index in [0.29, 0.717) is 24.5 Å². The second-order valence-corrected chi connectivity index (χ2v) is 12.0. The Balaban J connectivity index is 1.73. The lowest BCUT2D eigenvalue weighted by molar-refractivity contribution is -0.128. The molecular weight excluding hydrogens is 594 g/mol. The Morgan fingerprint density at radius 3 is 2.57 bits per heavy atom. The highest BCUT2D eigenvalue weighted by molar-refractivity contribution is 6.00. The molecule has 3 aromatic heterocycles. The second-order valence-electron chi connectivity index (χ2n) is 12.0. The Kier molecular flexibility index (Phi) is 7.78. The summed E-state index contributed by atoms with van der Waals surface area (Å²) in [6.45, 7) is 11.5. The first kappa shape index (κ1) is 30.8. The third-order valence-corrected chi connectivity index (χ3v) is 8.63. The monoisotopic (exact) mass is 628 g/mol. The molecule has 0 radical (unpaired) electrons.